The van der Waals surface area contributed by atoms with Crippen LogP contribution in [0.15, 0.2) is 12.2 Å². The maximum Gasteiger partial charge on any atom is 0.0423 e. The normalized spacial score (nSPS) is 18.5. The fraction of sp³-hybridized carbons (Fsp3) is 0.273. The molecule has 13 heavy (non-hydrogen) atoms. The van der Waals surface area contributed by atoms with Gasteiger partial charge < -0.3 is 10.3 Å². The smallest absolute Gasteiger partial charge is 0.0423 e. The second-order valence-electron chi connectivity index (χ2n) is 3.54. The Bertz CT molecular complexity index is 477. The third-order valence-electron chi connectivity index (χ3n) is 2.76. The summed E-state index contributed by atoms with van der Waals surface area (Å²) in [6.07, 6.45) is 9.80. The first-order chi connectivity index (χ1) is 6.45. The van der Waals surface area contributed by atoms with E-state index in [2.05, 4.69) is 34.6 Å². The monoisotopic (exact) mass is 172 g/mol. The van der Waals surface area contributed by atoms with Crippen LogP contribution in [0.3, 0.4) is 0 Å². The fourth-order valence-electron chi connectivity index (χ4n) is 2.09. The summed E-state index contributed by atoms with van der Waals surface area (Å²) >= 11 is 0. The first-order valence-corrected chi connectivity index (χ1v) is 4.72. The van der Waals surface area contributed by atoms with Gasteiger partial charge in [-0.25, -0.2) is 0 Å². The van der Waals surface area contributed by atoms with E-state index in [1.165, 1.54) is 21.8 Å². The zero-order valence-electron chi connectivity index (χ0n) is 7.43. The number of aromatic amines is 1. The molecule has 1 aromatic heterocycles. The number of allylic oxidation sites excluding steroid dienone is 2. The Kier molecular flexibility index (Phi) is 1.43. The highest BCUT2D eigenvalue weighted by molar-refractivity contribution is 5.47. The van der Waals surface area contributed by atoms with Gasteiger partial charge in [0.15, 0.2) is 0 Å². The van der Waals surface area contributed by atoms with E-state index in [0.717, 1.165) is 19.5 Å². The van der Waals surface area contributed by atoms with E-state index >= 15 is 0 Å². The summed E-state index contributed by atoms with van der Waals surface area (Å²) in [4.78, 5) is 3.45. The van der Waals surface area contributed by atoms with Gasteiger partial charge >= 0.3 is 0 Å². The molecule has 1 aliphatic heterocycles. The molecule has 0 atom stereocenters. The molecule has 1 aliphatic carbocycles. The van der Waals surface area contributed by atoms with Crippen LogP contribution in [0.2, 0.25) is 0 Å². The summed E-state index contributed by atoms with van der Waals surface area (Å²) in [6.45, 7) is 2.00. The van der Waals surface area contributed by atoms with Crippen molar-refractivity contribution in [3.05, 3.63) is 34.0 Å². The van der Waals surface area contributed by atoms with E-state index in [1.54, 1.807) is 0 Å². The molecule has 0 aromatic carbocycles. The Morgan fingerprint density at radius 1 is 1.15 bits per heavy atom. The van der Waals surface area contributed by atoms with Crippen LogP contribution in [0, 0.1) is 0 Å². The Hall–Kier alpha value is -1.28. The lowest BCUT2D eigenvalue weighted by Gasteiger charge is -2.08. The van der Waals surface area contributed by atoms with Crippen molar-refractivity contribution in [2.24, 2.45) is 0 Å². The zero-order valence-corrected chi connectivity index (χ0v) is 7.43. The molecule has 2 N–H and O–H groups in total. The lowest BCUT2D eigenvalue weighted by atomic mass is 10.0. The largest absolute Gasteiger partial charge is 0.355 e. The number of hydrogen-bond donors (Lipinski definition) is 2. The maximum atomic E-state index is 3.45. The molecule has 2 aliphatic rings. The van der Waals surface area contributed by atoms with Crippen LogP contribution in [0.5, 0.6) is 0 Å². The second kappa shape index (κ2) is 2.60. The molecule has 0 radical (unpaired) electrons. The first-order valence-electron chi connectivity index (χ1n) is 4.72. The highest BCUT2D eigenvalue weighted by Crippen LogP contribution is 2.05. The van der Waals surface area contributed by atoms with Crippen LogP contribution < -0.4 is 16.0 Å². The van der Waals surface area contributed by atoms with Crippen LogP contribution in [-0.2, 0) is 13.0 Å². The van der Waals surface area contributed by atoms with Crippen molar-refractivity contribution in [1.29, 1.82) is 0 Å². The minimum atomic E-state index is 0.986. The second-order valence-corrected chi connectivity index (χ2v) is 3.54. The number of aromatic nitrogens is 1. The number of fused-ring (bicyclic) bond motifs is 3. The van der Waals surface area contributed by atoms with Crippen LogP contribution in [0.4, 0.5) is 0 Å². The quantitative estimate of drug-likeness (QED) is 0.557. The summed E-state index contributed by atoms with van der Waals surface area (Å²) in [5.41, 5.74) is 2.93. The Balaban J connectivity index is 2.36. The van der Waals surface area contributed by atoms with Gasteiger partial charge in [-0.2, -0.15) is 0 Å². The van der Waals surface area contributed by atoms with Gasteiger partial charge in [0, 0.05) is 23.8 Å². The van der Waals surface area contributed by atoms with Gasteiger partial charge in [-0.05, 0) is 29.7 Å². The van der Waals surface area contributed by atoms with Crippen molar-refractivity contribution >= 4 is 12.2 Å². The Morgan fingerprint density at radius 3 is 3.15 bits per heavy atom. The molecule has 0 spiro atoms. The highest BCUT2D eigenvalue weighted by atomic mass is 14.9. The summed E-state index contributed by atoms with van der Waals surface area (Å²) in [5, 5.41) is 5.99. The van der Waals surface area contributed by atoms with Crippen LogP contribution in [0.25, 0.3) is 12.2 Å². The van der Waals surface area contributed by atoms with Gasteiger partial charge in [0.05, 0.1) is 0 Å². The SMILES string of the molecule is C1=CCc2c3c([nH]c2=C1)=CCNC3. The van der Waals surface area contributed by atoms with Crippen LogP contribution >= 0.6 is 0 Å². The molecule has 0 saturated carbocycles. The van der Waals surface area contributed by atoms with E-state index in [-0.39, 0.29) is 0 Å². The fourth-order valence-corrected chi connectivity index (χ4v) is 2.09. The van der Waals surface area contributed by atoms with E-state index < -0.39 is 0 Å². The summed E-state index contributed by atoms with van der Waals surface area (Å²) in [6, 6.07) is 0. The molecule has 0 saturated heterocycles. The van der Waals surface area contributed by atoms with Gasteiger partial charge in [0.25, 0.3) is 0 Å². The van der Waals surface area contributed by atoms with Crippen molar-refractivity contribution in [2.45, 2.75) is 13.0 Å². The average molecular weight is 172 g/mol. The van der Waals surface area contributed by atoms with Crippen molar-refractivity contribution < 1.29 is 0 Å². The number of rotatable bonds is 0. The molecular weight excluding hydrogens is 160 g/mol. The topological polar surface area (TPSA) is 27.8 Å². The van der Waals surface area contributed by atoms with E-state index in [1.807, 2.05) is 0 Å². The van der Waals surface area contributed by atoms with Crippen LogP contribution in [-0.4, -0.2) is 11.5 Å². The van der Waals surface area contributed by atoms with Gasteiger partial charge in [0.1, 0.15) is 0 Å². The Labute approximate surface area is 76.7 Å². The van der Waals surface area contributed by atoms with Crippen molar-refractivity contribution in [3.8, 4) is 0 Å². The number of hydrogen-bond acceptors (Lipinski definition) is 1. The number of H-pyrrole nitrogens is 1. The molecular formula is C11H12N2. The van der Waals surface area contributed by atoms with E-state index in [0.29, 0.717) is 0 Å². The number of nitrogens with one attached hydrogen (secondary N) is 2. The molecule has 0 unspecified atom stereocenters. The Morgan fingerprint density at radius 2 is 2.15 bits per heavy atom. The molecule has 2 nitrogen and oxygen atoms in total. The predicted molar refractivity (Wildman–Crippen MR) is 53.5 cm³/mol. The van der Waals surface area contributed by atoms with Gasteiger partial charge in [-0.3, -0.25) is 0 Å². The molecule has 2 heterocycles. The maximum absolute atomic E-state index is 3.45. The summed E-state index contributed by atoms with van der Waals surface area (Å²) in [5.74, 6) is 0. The molecule has 3 rings (SSSR count). The third-order valence-corrected chi connectivity index (χ3v) is 2.76. The lowest BCUT2D eigenvalue weighted by molar-refractivity contribution is 0.747. The van der Waals surface area contributed by atoms with Gasteiger partial charge in [-0.15, -0.1) is 0 Å². The molecule has 0 bridgehead atoms. The summed E-state index contributed by atoms with van der Waals surface area (Å²) < 4.78 is 0. The third kappa shape index (κ3) is 0.988. The van der Waals surface area contributed by atoms with E-state index in [4.69, 9.17) is 0 Å². The highest BCUT2D eigenvalue weighted by Gasteiger charge is 2.11. The van der Waals surface area contributed by atoms with Crippen molar-refractivity contribution in [1.82, 2.24) is 10.3 Å². The molecule has 2 heteroatoms. The molecule has 0 amide bonds. The van der Waals surface area contributed by atoms with Crippen molar-refractivity contribution in [2.75, 3.05) is 6.54 Å². The molecule has 1 aromatic rings. The van der Waals surface area contributed by atoms with Crippen molar-refractivity contribution in [3.63, 3.8) is 0 Å². The average Bonchev–Trinajstić information content (AvgIpc) is 2.56. The van der Waals surface area contributed by atoms with Gasteiger partial charge in [0.2, 0.25) is 0 Å². The van der Waals surface area contributed by atoms with Crippen LogP contribution in [0.1, 0.15) is 11.1 Å². The molecule has 66 valence electrons. The molecule has 0 fully saturated rings. The zero-order chi connectivity index (χ0) is 8.67. The minimum absolute atomic E-state index is 0.986. The minimum Gasteiger partial charge on any atom is -0.355 e. The van der Waals surface area contributed by atoms with Gasteiger partial charge in [-0.1, -0.05) is 12.2 Å². The standard InChI is InChI=1S/C11H12N2/c1-2-4-10-8(3-1)9-7-12-6-5-11(9)13-10/h1-2,4-5,12-13H,3,6-7H2. The van der Waals surface area contributed by atoms with E-state index in [9.17, 15) is 0 Å². The first kappa shape index (κ1) is 7.15. The lowest BCUT2D eigenvalue weighted by Crippen LogP contribution is -2.26. The summed E-state index contributed by atoms with van der Waals surface area (Å²) in [7, 11) is 0. The predicted octanol–water partition coefficient (Wildman–Crippen LogP) is -0.209.